The van der Waals surface area contributed by atoms with Gasteiger partial charge in [0, 0.05) is 32.3 Å². The largest absolute Gasteiger partial charge is 0.383 e. The molecule has 0 saturated carbocycles. The molecule has 7 heteroatoms. The summed E-state index contributed by atoms with van der Waals surface area (Å²) >= 11 is 0. The third-order valence-electron chi connectivity index (χ3n) is 4.30. The van der Waals surface area contributed by atoms with Gasteiger partial charge in [0.15, 0.2) is 0 Å². The lowest BCUT2D eigenvalue weighted by Crippen LogP contribution is -2.59. The second-order valence-corrected chi connectivity index (χ2v) is 6.28. The zero-order valence-electron chi connectivity index (χ0n) is 13.2. The van der Waals surface area contributed by atoms with Crippen molar-refractivity contribution in [2.45, 2.75) is 38.9 Å². The number of fused-ring (bicyclic) bond motifs is 1. The number of ether oxygens (including phenoxy) is 1. The van der Waals surface area contributed by atoms with Crippen LogP contribution in [0.3, 0.4) is 0 Å². The van der Waals surface area contributed by atoms with Gasteiger partial charge >= 0.3 is 0 Å². The summed E-state index contributed by atoms with van der Waals surface area (Å²) in [5.74, 6) is -0.462. The van der Waals surface area contributed by atoms with Gasteiger partial charge in [0.1, 0.15) is 0 Å². The van der Waals surface area contributed by atoms with E-state index >= 15 is 0 Å². The van der Waals surface area contributed by atoms with Crippen molar-refractivity contribution < 1.29 is 14.3 Å². The molecule has 2 aliphatic heterocycles. The smallest absolute Gasteiger partial charge is 0.240 e. The second kappa shape index (κ2) is 6.72. The first-order valence-corrected chi connectivity index (χ1v) is 7.52. The Labute approximate surface area is 125 Å². The van der Waals surface area contributed by atoms with Crippen molar-refractivity contribution in [3.8, 4) is 0 Å². The van der Waals surface area contributed by atoms with Crippen molar-refractivity contribution in [1.29, 1.82) is 0 Å². The number of nitrogens with one attached hydrogen (secondary N) is 3. The van der Waals surface area contributed by atoms with Gasteiger partial charge in [-0.15, -0.1) is 0 Å². The van der Waals surface area contributed by atoms with Crippen LogP contribution in [0.2, 0.25) is 0 Å². The average Bonchev–Trinajstić information content (AvgIpc) is 2.79. The highest BCUT2D eigenvalue weighted by Crippen LogP contribution is 2.27. The molecule has 0 radical (unpaired) electrons. The van der Waals surface area contributed by atoms with E-state index in [2.05, 4.69) is 34.9 Å². The van der Waals surface area contributed by atoms with Crippen LogP contribution in [0, 0.1) is 11.8 Å². The predicted octanol–water partition coefficient (Wildman–Crippen LogP) is -0.903. The first-order valence-electron chi connectivity index (χ1n) is 7.52. The van der Waals surface area contributed by atoms with Crippen LogP contribution in [0.1, 0.15) is 20.8 Å². The highest BCUT2D eigenvalue weighted by atomic mass is 16.5. The van der Waals surface area contributed by atoms with Crippen LogP contribution in [-0.4, -0.2) is 61.6 Å². The Morgan fingerprint density at radius 3 is 2.76 bits per heavy atom. The summed E-state index contributed by atoms with van der Waals surface area (Å²) in [6, 6.07) is 0.133. The standard InChI is InChI=1S/C14H26N4O3/c1-8(2)18-5-10(13(19)15-9(3)7-21-4)12-11(6-18)14(20)17-16-12/h8-12,16H,5-7H2,1-4H3,(H,15,19)(H,17,20). The van der Waals surface area contributed by atoms with E-state index in [9.17, 15) is 9.59 Å². The Morgan fingerprint density at radius 2 is 2.14 bits per heavy atom. The van der Waals surface area contributed by atoms with Gasteiger partial charge in [-0.05, 0) is 20.8 Å². The van der Waals surface area contributed by atoms with Gasteiger partial charge in [-0.1, -0.05) is 0 Å². The number of amides is 2. The number of methoxy groups -OCH3 is 1. The van der Waals surface area contributed by atoms with Crippen molar-refractivity contribution in [1.82, 2.24) is 21.1 Å². The number of nitrogens with zero attached hydrogens (tertiary/aromatic N) is 1. The molecule has 2 amide bonds. The summed E-state index contributed by atoms with van der Waals surface area (Å²) in [6.07, 6.45) is 0. The molecule has 4 unspecified atom stereocenters. The monoisotopic (exact) mass is 298 g/mol. The summed E-state index contributed by atoms with van der Waals surface area (Å²) in [5.41, 5.74) is 5.65. The predicted molar refractivity (Wildman–Crippen MR) is 78.2 cm³/mol. The Morgan fingerprint density at radius 1 is 1.43 bits per heavy atom. The number of carbonyl (C=O) groups excluding carboxylic acids is 2. The summed E-state index contributed by atoms with van der Waals surface area (Å²) < 4.78 is 5.05. The molecular formula is C14H26N4O3. The van der Waals surface area contributed by atoms with Gasteiger partial charge in [-0.3, -0.25) is 19.9 Å². The second-order valence-electron chi connectivity index (χ2n) is 6.28. The number of likely N-dealkylation sites (tertiary alicyclic amines) is 1. The fraction of sp³-hybridized carbons (Fsp3) is 0.857. The number of rotatable bonds is 5. The lowest BCUT2D eigenvalue weighted by molar-refractivity contribution is -0.131. The third kappa shape index (κ3) is 3.53. The molecule has 7 nitrogen and oxygen atoms in total. The highest BCUT2D eigenvalue weighted by Gasteiger charge is 2.47. The first-order chi connectivity index (χ1) is 9.93. The Bertz CT molecular complexity index is 402. The molecule has 3 N–H and O–H groups in total. The van der Waals surface area contributed by atoms with Gasteiger partial charge in [0.2, 0.25) is 11.8 Å². The maximum Gasteiger partial charge on any atom is 0.240 e. The number of hydrogen-bond acceptors (Lipinski definition) is 5. The molecule has 0 aromatic heterocycles. The Balaban J connectivity index is 2.08. The van der Waals surface area contributed by atoms with Crippen LogP contribution < -0.4 is 16.2 Å². The van der Waals surface area contributed by atoms with Crippen molar-refractivity contribution in [3.63, 3.8) is 0 Å². The highest BCUT2D eigenvalue weighted by molar-refractivity contribution is 5.86. The third-order valence-corrected chi connectivity index (χ3v) is 4.30. The SMILES string of the molecule is COCC(C)NC(=O)C1CN(C(C)C)CC2C(=O)NNC21. The topological polar surface area (TPSA) is 82.7 Å². The van der Waals surface area contributed by atoms with Gasteiger partial charge in [-0.2, -0.15) is 0 Å². The molecular weight excluding hydrogens is 272 g/mol. The summed E-state index contributed by atoms with van der Waals surface area (Å²) in [7, 11) is 1.61. The van der Waals surface area contributed by atoms with Crippen molar-refractivity contribution in [3.05, 3.63) is 0 Å². The minimum atomic E-state index is -0.246. The molecule has 4 atom stereocenters. The van der Waals surface area contributed by atoms with Crippen LogP contribution in [0.25, 0.3) is 0 Å². The van der Waals surface area contributed by atoms with E-state index in [0.717, 1.165) is 0 Å². The lowest BCUT2D eigenvalue weighted by atomic mass is 9.83. The number of hydrazine groups is 1. The molecule has 21 heavy (non-hydrogen) atoms. The molecule has 2 saturated heterocycles. The molecule has 0 aromatic carbocycles. The Kier molecular flexibility index (Phi) is 5.18. The van der Waals surface area contributed by atoms with Crippen molar-refractivity contribution in [2.75, 3.05) is 26.8 Å². The molecule has 0 spiro atoms. The molecule has 0 bridgehead atoms. The Hall–Kier alpha value is -1.18. The number of piperidine rings is 1. The molecule has 0 aliphatic carbocycles. The van der Waals surface area contributed by atoms with Crippen LogP contribution in [-0.2, 0) is 14.3 Å². The fourth-order valence-electron chi connectivity index (χ4n) is 3.09. The fourth-order valence-corrected chi connectivity index (χ4v) is 3.09. The van der Waals surface area contributed by atoms with E-state index in [1.165, 1.54) is 0 Å². The summed E-state index contributed by atoms with van der Waals surface area (Å²) in [5, 5.41) is 2.97. The molecule has 120 valence electrons. The van der Waals surface area contributed by atoms with Crippen LogP contribution in [0.5, 0.6) is 0 Å². The lowest BCUT2D eigenvalue weighted by Gasteiger charge is -2.40. The van der Waals surface area contributed by atoms with Crippen molar-refractivity contribution in [2.24, 2.45) is 11.8 Å². The van der Waals surface area contributed by atoms with Gasteiger partial charge in [0.25, 0.3) is 0 Å². The maximum atomic E-state index is 12.5. The van der Waals surface area contributed by atoms with Gasteiger partial charge < -0.3 is 10.1 Å². The minimum absolute atomic E-state index is 0.0203. The van der Waals surface area contributed by atoms with E-state index in [1.54, 1.807) is 7.11 Å². The molecule has 0 aromatic rings. The zero-order valence-corrected chi connectivity index (χ0v) is 13.2. The van der Waals surface area contributed by atoms with E-state index in [0.29, 0.717) is 25.7 Å². The normalized spacial score (nSPS) is 30.9. The number of hydrogen-bond donors (Lipinski definition) is 3. The average molecular weight is 298 g/mol. The summed E-state index contributed by atoms with van der Waals surface area (Å²) in [4.78, 5) is 26.6. The molecule has 2 fully saturated rings. The quantitative estimate of drug-likeness (QED) is 0.612. The molecule has 2 aliphatic rings. The minimum Gasteiger partial charge on any atom is -0.383 e. The van der Waals surface area contributed by atoms with Crippen LogP contribution in [0.15, 0.2) is 0 Å². The summed E-state index contributed by atoms with van der Waals surface area (Å²) in [6.45, 7) is 7.91. The van der Waals surface area contributed by atoms with E-state index < -0.39 is 0 Å². The zero-order chi connectivity index (χ0) is 15.6. The van der Waals surface area contributed by atoms with Gasteiger partial charge in [-0.25, -0.2) is 5.43 Å². The maximum absolute atomic E-state index is 12.5. The van der Waals surface area contributed by atoms with Crippen molar-refractivity contribution >= 4 is 11.8 Å². The van der Waals surface area contributed by atoms with E-state index in [1.807, 2.05) is 6.92 Å². The molecule has 2 heterocycles. The van der Waals surface area contributed by atoms with Crippen LogP contribution >= 0.6 is 0 Å². The first kappa shape index (κ1) is 16.2. The van der Waals surface area contributed by atoms with Gasteiger partial charge in [0.05, 0.1) is 24.5 Å². The van der Waals surface area contributed by atoms with E-state index in [-0.39, 0.29) is 35.7 Å². The molecule has 2 rings (SSSR count). The van der Waals surface area contributed by atoms with Crippen LogP contribution in [0.4, 0.5) is 0 Å². The number of carbonyl (C=O) groups is 2. The van der Waals surface area contributed by atoms with E-state index in [4.69, 9.17) is 4.74 Å².